The summed E-state index contributed by atoms with van der Waals surface area (Å²) in [5.41, 5.74) is 1.07. The highest BCUT2D eigenvalue weighted by Gasteiger charge is 2.47. The molecule has 0 aliphatic carbocycles. The lowest BCUT2D eigenvalue weighted by molar-refractivity contribution is -0.137. The molecule has 0 N–H and O–H groups in total. The molecule has 0 bridgehead atoms. The zero-order valence-corrected chi connectivity index (χ0v) is 27.3. The first kappa shape index (κ1) is 31.7. The van der Waals surface area contributed by atoms with Gasteiger partial charge in [0.1, 0.15) is 6.61 Å². The summed E-state index contributed by atoms with van der Waals surface area (Å²) in [5, 5.41) is 0.0738. The van der Waals surface area contributed by atoms with Gasteiger partial charge in [0.25, 0.3) is 0 Å². The molecule has 4 atom stereocenters. The Morgan fingerprint density at radius 2 is 1.54 bits per heavy atom. The molecule has 37 heavy (non-hydrogen) atoms. The van der Waals surface area contributed by atoms with Gasteiger partial charge in [0, 0.05) is 12.5 Å². The van der Waals surface area contributed by atoms with Crippen molar-refractivity contribution in [3.05, 3.63) is 35.9 Å². The molecule has 0 aromatic heterocycles. The van der Waals surface area contributed by atoms with E-state index >= 15 is 0 Å². The second kappa shape index (κ2) is 11.7. The molecule has 1 fully saturated rings. The summed E-state index contributed by atoms with van der Waals surface area (Å²) in [4.78, 5) is 28.0. The van der Waals surface area contributed by atoms with Crippen LogP contribution in [0.15, 0.2) is 30.3 Å². The van der Waals surface area contributed by atoms with Crippen molar-refractivity contribution in [3.8, 4) is 0 Å². The van der Waals surface area contributed by atoms with Crippen molar-refractivity contribution >= 4 is 28.6 Å². The third-order valence-electron chi connectivity index (χ3n) is 8.71. The average molecular weight is 550 g/mol. The van der Waals surface area contributed by atoms with Crippen LogP contribution in [0.2, 0.25) is 36.3 Å². The molecule has 1 saturated heterocycles. The minimum Gasteiger partial charge on any atom is -0.447 e. The number of rotatable bonds is 10. The molecule has 0 spiro atoms. The molecule has 1 aliphatic heterocycles. The molecule has 1 aromatic carbocycles. The average Bonchev–Trinajstić information content (AvgIpc) is 3.13. The fourth-order valence-corrected chi connectivity index (χ4v) is 6.59. The van der Waals surface area contributed by atoms with Crippen molar-refractivity contribution in [3.63, 3.8) is 0 Å². The van der Waals surface area contributed by atoms with Crippen LogP contribution in [0.5, 0.6) is 0 Å². The van der Waals surface area contributed by atoms with Gasteiger partial charge in [-0.15, -0.1) is 0 Å². The molecular formula is C29H51NO5Si2. The van der Waals surface area contributed by atoms with E-state index in [4.69, 9.17) is 13.6 Å². The van der Waals surface area contributed by atoms with E-state index in [-0.39, 0.29) is 40.7 Å². The summed E-state index contributed by atoms with van der Waals surface area (Å²) in [6.45, 7) is 26.9. The predicted octanol–water partition coefficient (Wildman–Crippen LogP) is 7.26. The number of amides is 2. The molecule has 210 valence electrons. The number of benzene rings is 1. The minimum absolute atomic E-state index is 0.0174. The van der Waals surface area contributed by atoms with Crippen molar-refractivity contribution in [1.82, 2.24) is 4.90 Å². The van der Waals surface area contributed by atoms with Crippen LogP contribution in [0.25, 0.3) is 0 Å². The standard InChI is InChI=1S/C29H51NO5Si2/c1-21(19-34-36(9,10)28(3,4)5)25(35-37(11,12)29(6,7)8)22(2)26(31)30-24(20-33-27(30)32)18-23-16-14-13-15-17-23/h13-17,21-22,24-25H,18-20H2,1-12H3/t21-,22-,24+,25-/m1/s1. The molecule has 8 heteroatoms. The molecule has 2 amide bonds. The van der Waals surface area contributed by atoms with Crippen LogP contribution in [0.4, 0.5) is 4.79 Å². The van der Waals surface area contributed by atoms with Crippen LogP contribution in [0.3, 0.4) is 0 Å². The van der Waals surface area contributed by atoms with Gasteiger partial charge in [-0.1, -0.05) is 85.7 Å². The van der Waals surface area contributed by atoms with Gasteiger partial charge in [-0.3, -0.25) is 4.79 Å². The highest BCUT2D eigenvalue weighted by Crippen LogP contribution is 2.41. The Kier molecular flexibility index (Phi) is 10.0. The molecule has 1 aliphatic rings. The predicted molar refractivity (Wildman–Crippen MR) is 156 cm³/mol. The first-order chi connectivity index (χ1) is 16.8. The van der Waals surface area contributed by atoms with Gasteiger partial charge in [-0.05, 0) is 48.2 Å². The summed E-state index contributed by atoms with van der Waals surface area (Å²) < 4.78 is 18.9. The van der Waals surface area contributed by atoms with Crippen LogP contribution in [-0.2, 0) is 24.8 Å². The number of imide groups is 1. The van der Waals surface area contributed by atoms with E-state index in [2.05, 4.69) is 74.7 Å². The fourth-order valence-electron chi connectivity index (χ4n) is 4.01. The minimum atomic E-state index is -2.22. The van der Waals surface area contributed by atoms with Crippen molar-refractivity contribution in [2.75, 3.05) is 13.2 Å². The van der Waals surface area contributed by atoms with Gasteiger partial charge in [0.05, 0.1) is 18.1 Å². The van der Waals surface area contributed by atoms with Crippen molar-refractivity contribution in [1.29, 1.82) is 0 Å². The van der Waals surface area contributed by atoms with E-state index in [9.17, 15) is 9.59 Å². The first-order valence-corrected chi connectivity index (χ1v) is 19.5. The first-order valence-electron chi connectivity index (χ1n) is 13.6. The zero-order valence-electron chi connectivity index (χ0n) is 25.3. The van der Waals surface area contributed by atoms with E-state index in [1.165, 1.54) is 4.90 Å². The van der Waals surface area contributed by atoms with E-state index in [1.807, 2.05) is 37.3 Å². The maximum absolute atomic E-state index is 13.9. The van der Waals surface area contributed by atoms with Gasteiger partial charge in [-0.25, -0.2) is 9.69 Å². The second-order valence-corrected chi connectivity index (χ2v) is 23.4. The summed E-state index contributed by atoms with van der Waals surface area (Å²) in [7, 11) is -4.19. The number of hydrogen-bond acceptors (Lipinski definition) is 5. The van der Waals surface area contributed by atoms with Crippen molar-refractivity contribution in [2.45, 2.75) is 110 Å². The Morgan fingerprint density at radius 3 is 2.05 bits per heavy atom. The molecule has 0 unspecified atom stereocenters. The monoisotopic (exact) mass is 549 g/mol. The number of carbonyl (C=O) groups excluding carboxylic acids is 2. The number of carbonyl (C=O) groups is 2. The number of ether oxygens (including phenoxy) is 1. The van der Waals surface area contributed by atoms with Crippen LogP contribution < -0.4 is 0 Å². The Morgan fingerprint density at radius 1 is 1.00 bits per heavy atom. The lowest BCUT2D eigenvalue weighted by Gasteiger charge is -2.44. The summed E-state index contributed by atoms with van der Waals surface area (Å²) in [5.74, 6) is -0.768. The smallest absolute Gasteiger partial charge is 0.416 e. The highest BCUT2D eigenvalue weighted by molar-refractivity contribution is 6.74. The zero-order chi connectivity index (χ0) is 28.4. The number of cyclic esters (lactones) is 1. The maximum Gasteiger partial charge on any atom is 0.416 e. The molecule has 2 rings (SSSR count). The third-order valence-corrected chi connectivity index (χ3v) is 17.7. The van der Waals surface area contributed by atoms with Crippen LogP contribution >= 0.6 is 0 Å². The van der Waals surface area contributed by atoms with Crippen molar-refractivity contribution < 1.29 is 23.2 Å². The number of hydrogen-bond donors (Lipinski definition) is 0. The fraction of sp³-hybridized carbons (Fsp3) is 0.724. The third kappa shape index (κ3) is 7.77. The molecule has 6 nitrogen and oxygen atoms in total. The van der Waals surface area contributed by atoms with Gasteiger partial charge < -0.3 is 13.6 Å². The van der Waals surface area contributed by atoms with Crippen LogP contribution in [0, 0.1) is 11.8 Å². The quantitative estimate of drug-likeness (QED) is 0.287. The largest absolute Gasteiger partial charge is 0.447 e. The van der Waals surface area contributed by atoms with Crippen molar-refractivity contribution in [2.24, 2.45) is 11.8 Å². The Bertz CT molecular complexity index is 920. The molecule has 0 saturated carbocycles. The second-order valence-electron chi connectivity index (χ2n) is 13.8. The molecule has 0 radical (unpaired) electrons. The van der Waals surface area contributed by atoms with Gasteiger partial charge >= 0.3 is 6.09 Å². The topological polar surface area (TPSA) is 65.1 Å². The normalized spacial score (nSPS) is 19.9. The van der Waals surface area contributed by atoms with Gasteiger partial charge in [-0.2, -0.15) is 0 Å². The van der Waals surface area contributed by atoms with Crippen LogP contribution in [-0.4, -0.2) is 58.9 Å². The summed E-state index contributed by atoms with van der Waals surface area (Å²) >= 11 is 0. The highest BCUT2D eigenvalue weighted by atomic mass is 28.4. The molecular weight excluding hydrogens is 498 g/mol. The van der Waals surface area contributed by atoms with E-state index in [1.54, 1.807) is 0 Å². The summed E-state index contributed by atoms with van der Waals surface area (Å²) in [6, 6.07) is 9.60. The Labute approximate surface area is 227 Å². The van der Waals surface area contributed by atoms with E-state index in [0.29, 0.717) is 13.0 Å². The SMILES string of the molecule is C[C@H](CO[Si](C)(C)C(C)(C)C)[C@@H](O[Si](C)(C)C(C)(C)C)[C@@H](C)C(=O)N1C(=O)OC[C@@H]1Cc1ccccc1. The maximum atomic E-state index is 13.9. The van der Waals surface area contributed by atoms with Gasteiger partial charge in [0.15, 0.2) is 16.6 Å². The van der Waals surface area contributed by atoms with E-state index in [0.717, 1.165) is 5.56 Å². The van der Waals surface area contributed by atoms with Crippen LogP contribution in [0.1, 0.15) is 61.0 Å². The lowest BCUT2D eigenvalue weighted by Crippen LogP contribution is -2.53. The Balaban J connectivity index is 2.31. The number of nitrogens with zero attached hydrogens (tertiary/aromatic N) is 1. The van der Waals surface area contributed by atoms with E-state index < -0.39 is 28.6 Å². The lowest BCUT2D eigenvalue weighted by atomic mass is 9.92. The Hall–Kier alpha value is -1.49. The van der Waals surface area contributed by atoms with Gasteiger partial charge in [0.2, 0.25) is 5.91 Å². The molecule has 1 aromatic rings. The molecule has 1 heterocycles. The summed E-state index contributed by atoms with van der Waals surface area (Å²) in [6.07, 6.45) is -0.360.